The van der Waals surface area contributed by atoms with E-state index in [0.29, 0.717) is 6.42 Å². The highest BCUT2D eigenvalue weighted by atomic mass is 32.2. The molecule has 0 aliphatic carbocycles. The van der Waals surface area contributed by atoms with Crippen molar-refractivity contribution in [2.24, 2.45) is 0 Å². The van der Waals surface area contributed by atoms with Crippen LogP contribution >= 0.6 is 11.8 Å². The fourth-order valence-corrected chi connectivity index (χ4v) is 4.56. The number of amides is 1. The molecular weight excluding hydrogens is 366 g/mol. The number of rotatable bonds is 10. The van der Waals surface area contributed by atoms with E-state index in [1.54, 1.807) is 14.2 Å². The minimum absolute atomic E-state index is 0.0636. The first-order valence-electron chi connectivity index (χ1n) is 9.48. The van der Waals surface area contributed by atoms with Gasteiger partial charge < -0.3 is 10.1 Å². The van der Waals surface area contributed by atoms with Gasteiger partial charge in [0.2, 0.25) is 5.91 Å². The highest BCUT2D eigenvalue weighted by Crippen LogP contribution is 2.46. The molecule has 1 N–H and O–H groups in total. The molecule has 0 atom stereocenters. The van der Waals surface area contributed by atoms with Crippen molar-refractivity contribution in [1.29, 1.82) is 0 Å². The standard InChI is InChI=1S/C24H29NO2S/c1-4-22(27-3)16-11-18-24(20-12-7-5-8-13-20,21-14-9-6-10-15-21)28-19-17-23(26)25-2/h4-16H,17-19H2,1-3H3,(H,25,26)/b16-11-,22-4+. The van der Waals surface area contributed by atoms with Crippen LogP contribution in [0.3, 0.4) is 0 Å². The number of thioether (sulfide) groups is 1. The van der Waals surface area contributed by atoms with E-state index < -0.39 is 0 Å². The van der Waals surface area contributed by atoms with Crippen molar-refractivity contribution in [3.63, 3.8) is 0 Å². The largest absolute Gasteiger partial charge is 0.497 e. The maximum atomic E-state index is 11.8. The van der Waals surface area contributed by atoms with Gasteiger partial charge in [-0.3, -0.25) is 4.79 Å². The van der Waals surface area contributed by atoms with Crippen LogP contribution in [-0.2, 0) is 14.3 Å². The van der Waals surface area contributed by atoms with Gasteiger partial charge >= 0.3 is 0 Å². The third kappa shape index (κ3) is 5.77. The van der Waals surface area contributed by atoms with Crippen LogP contribution in [0.5, 0.6) is 0 Å². The van der Waals surface area contributed by atoms with Crippen LogP contribution in [0.4, 0.5) is 0 Å². The molecule has 0 heterocycles. The molecule has 148 valence electrons. The number of carbonyl (C=O) groups excluding carboxylic acids is 1. The van der Waals surface area contributed by atoms with Crippen molar-refractivity contribution < 1.29 is 9.53 Å². The summed E-state index contributed by atoms with van der Waals surface area (Å²) in [4.78, 5) is 11.8. The summed E-state index contributed by atoms with van der Waals surface area (Å²) in [5.41, 5.74) is 2.46. The van der Waals surface area contributed by atoms with Crippen molar-refractivity contribution >= 4 is 17.7 Å². The van der Waals surface area contributed by atoms with Gasteiger partial charge in [0.1, 0.15) is 5.76 Å². The second-order valence-electron chi connectivity index (χ2n) is 6.33. The SMILES string of the molecule is C/C=C(\C=C/CC(SCCC(=O)NC)(c1ccccc1)c1ccccc1)OC. The van der Waals surface area contributed by atoms with Gasteiger partial charge in [-0.2, -0.15) is 0 Å². The maximum absolute atomic E-state index is 11.8. The third-order valence-corrected chi connectivity index (χ3v) is 6.18. The molecule has 4 heteroatoms. The smallest absolute Gasteiger partial charge is 0.220 e. The van der Waals surface area contributed by atoms with Gasteiger partial charge in [-0.15, -0.1) is 11.8 Å². The molecule has 2 aromatic carbocycles. The van der Waals surface area contributed by atoms with Gasteiger partial charge in [-0.1, -0.05) is 66.7 Å². The van der Waals surface area contributed by atoms with E-state index in [0.717, 1.165) is 17.9 Å². The number of methoxy groups -OCH3 is 1. The van der Waals surface area contributed by atoms with E-state index >= 15 is 0 Å². The van der Waals surface area contributed by atoms with Crippen LogP contribution in [0.2, 0.25) is 0 Å². The number of hydrogen-bond acceptors (Lipinski definition) is 3. The quantitative estimate of drug-likeness (QED) is 0.438. The van der Waals surface area contributed by atoms with Crippen molar-refractivity contribution in [1.82, 2.24) is 5.32 Å². The first-order chi connectivity index (χ1) is 13.7. The van der Waals surface area contributed by atoms with E-state index in [-0.39, 0.29) is 10.7 Å². The van der Waals surface area contributed by atoms with E-state index in [4.69, 9.17) is 4.74 Å². The van der Waals surface area contributed by atoms with Gasteiger partial charge in [-0.05, 0) is 36.6 Å². The molecule has 0 fully saturated rings. The Bertz CT molecular complexity index is 745. The number of benzene rings is 2. The van der Waals surface area contributed by atoms with Crippen molar-refractivity contribution in [3.05, 3.63) is 95.8 Å². The summed E-state index contributed by atoms with van der Waals surface area (Å²) in [6.45, 7) is 1.96. The van der Waals surface area contributed by atoms with Crippen LogP contribution in [-0.4, -0.2) is 25.8 Å². The Hall–Kier alpha value is -2.46. The van der Waals surface area contributed by atoms with Gasteiger partial charge in [0.15, 0.2) is 0 Å². The lowest BCUT2D eigenvalue weighted by Crippen LogP contribution is -2.25. The molecule has 0 unspecified atom stereocenters. The summed E-state index contributed by atoms with van der Waals surface area (Å²) in [5.74, 6) is 1.64. The zero-order valence-corrected chi connectivity index (χ0v) is 17.7. The highest BCUT2D eigenvalue weighted by molar-refractivity contribution is 8.00. The molecule has 3 nitrogen and oxygen atoms in total. The molecule has 28 heavy (non-hydrogen) atoms. The molecule has 0 spiro atoms. The molecule has 1 amide bonds. The van der Waals surface area contributed by atoms with E-state index in [9.17, 15) is 4.79 Å². The second kappa shape index (κ2) is 11.4. The average Bonchev–Trinajstić information content (AvgIpc) is 2.76. The van der Waals surface area contributed by atoms with Gasteiger partial charge in [0, 0.05) is 19.2 Å². The number of carbonyl (C=O) groups is 1. The molecule has 0 bridgehead atoms. The van der Waals surface area contributed by atoms with Crippen molar-refractivity contribution in [2.75, 3.05) is 19.9 Å². The summed E-state index contributed by atoms with van der Waals surface area (Å²) < 4.78 is 5.09. The van der Waals surface area contributed by atoms with Gasteiger partial charge in [0.25, 0.3) is 0 Å². The van der Waals surface area contributed by atoms with Crippen LogP contribution in [0.25, 0.3) is 0 Å². The predicted molar refractivity (Wildman–Crippen MR) is 119 cm³/mol. The molecule has 2 aromatic rings. The number of allylic oxidation sites excluding steroid dienone is 3. The van der Waals surface area contributed by atoms with Crippen molar-refractivity contribution in [3.8, 4) is 0 Å². The first kappa shape index (κ1) is 21.8. The van der Waals surface area contributed by atoms with Gasteiger partial charge in [0.05, 0.1) is 11.9 Å². The summed E-state index contributed by atoms with van der Waals surface area (Å²) in [7, 11) is 3.36. The Morgan fingerprint density at radius 2 is 1.64 bits per heavy atom. The summed E-state index contributed by atoms with van der Waals surface area (Å²) >= 11 is 1.81. The Morgan fingerprint density at radius 3 is 2.11 bits per heavy atom. The van der Waals surface area contributed by atoms with E-state index in [2.05, 4.69) is 59.9 Å². The second-order valence-corrected chi connectivity index (χ2v) is 7.73. The minimum Gasteiger partial charge on any atom is -0.497 e. The first-order valence-corrected chi connectivity index (χ1v) is 10.5. The molecule has 0 saturated heterocycles. The minimum atomic E-state index is -0.278. The molecule has 0 aliphatic rings. The zero-order chi connectivity index (χ0) is 20.2. The summed E-state index contributed by atoms with van der Waals surface area (Å²) in [5, 5.41) is 2.71. The molecule has 0 aliphatic heterocycles. The molecular formula is C24H29NO2S. The summed E-state index contributed by atoms with van der Waals surface area (Å²) in [6.07, 6.45) is 7.40. The lowest BCUT2D eigenvalue weighted by atomic mass is 9.87. The number of hydrogen-bond donors (Lipinski definition) is 1. The lowest BCUT2D eigenvalue weighted by molar-refractivity contribution is -0.120. The molecule has 2 rings (SSSR count). The molecule has 0 saturated carbocycles. The van der Waals surface area contributed by atoms with Crippen LogP contribution in [0.15, 0.2) is 84.7 Å². The van der Waals surface area contributed by atoms with Crippen LogP contribution < -0.4 is 5.32 Å². The van der Waals surface area contributed by atoms with E-state index in [1.807, 2.05) is 43.0 Å². The number of nitrogens with one attached hydrogen (secondary N) is 1. The van der Waals surface area contributed by atoms with Gasteiger partial charge in [-0.25, -0.2) is 0 Å². The molecule has 0 aromatic heterocycles. The maximum Gasteiger partial charge on any atom is 0.220 e. The summed E-state index contributed by atoms with van der Waals surface area (Å²) in [6, 6.07) is 21.0. The predicted octanol–water partition coefficient (Wildman–Crippen LogP) is 5.30. The topological polar surface area (TPSA) is 38.3 Å². The Balaban J connectivity index is 2.44. The fraction of sp³-hybridized carbons (Fsp3) is 0.292. The van der Waals surface area contributed by atoms with E-state index in [1.165, 1.54) is 11.1 Å². The van der Waals surface area contributed by atoms with Crippen LogP contribution in [0.1, 0.15) is 30.9 Å². The fourth-order valence-electron chi connectivity index (χ4n) is 3.11. The molecule has 0 radical (unpaired) electrons. The lowest BCUT2D eigenvalue weighted by Gasteiger charge is -2.34. The van der Waals surface area contributed by atoms with Crippen molar-refractivity contribution in [2.45, 2.75) is 24.5 Å². The normalized spacial score (nSPS) is 12.2. The Kier molecular flexibility index (Phi) is 8.89. The third-order valence-electron chi connectivity index (χ3n) is 4.64. The Morgan fingerprint density at radius 1 is 1.07 bits per heavy atom. The highest BCUT2D eigenvalue weighted by Gasteiger charge is 2.33. The monoisotopic (exact) mass is 395 g/mol. The average molecular weight is 396 g/mol. The Labute approximate surface area is 172 Å². The zero-order valence-electron chi connectivity index (χ0n) is 16.9. The number of ether oxygens (including phenoxy) is 1. The van der Waals surface area contributed by atoms with Crippen LogP contribution in [0, 0.1) is 0 Å².